The normalized spacial score (nSPS) is 19.8. The maximum atomic E-state index is 13.0. The fraction of sp³-hybridized carbons (Fsp3) is 0.259. The Kier molecular flexibility index (Phi) is 5.39. The van der Waals surface area contributed by atoms with Gasteiger partial charge in [0.1, 0.15) is 6.61 Å². The monoisotopic (exact) mass is 427 g/mol. The van der Waals surface area contributed by atoms with Gasteiger partial charge in [-0.1, -0.05) is 78.9 Å². The van der Waals surface area contributed by atoms with E-state index in [1.54, 1.807) is 4.90 Å². The van der Waals surface area contributed by atoms with E-state index in [0.29, 0.717) is 13.0 Å². The minimum atomic E-state index is -0.873. The summed E-state index contributed by atoms with van der Waals surface area (Å²) in [6, 6.07) is 26.2. The van der Waals surface area contributed by atoms with Crippen LogP contribution < -0.4 is 0 Å². The molecule has 5 heteroatoms. The number of fused-ring (bicyclic) bond motifs is 3. The molecule has 1 aliphatic carbocycles. The average Bonchev–Trinajstić information content (AvgIpc) is 3.16. The summed E-state index contributed by atoms with van der Waals surface area (Å²) in [5.74, 6) is -1.51. The van der Waals surface area contributed by atoms with Gasteiger partial charge in [-0.25, -0.2) is 4.79 Å². The SMILES string of the molecule is O=C(O)[C@@H]1C[C@H](c2ccccc2)CN(C(=O)OCC2c3ccccc3-c3ccccc32)C1. The fourth-order valence-corrected chi connectivity index (χ4v) is 5.08. The Hall–Kier alpha value is -3.60. The van der Waals surface area contributed by atoms with Gasteiger partial charge in [0.2, 0.25) is 0 Å². The van der Waals surface area contributed by atoms with Crippen molar-refractivity contribution in [3.63, 3.8) is 0 Å². The van der Waals surface area contributed by atoms with Crippen LogP contribution in [0.3, 0.4) is 0 Å². The van der Waals surface area contributed by atoms with Gasteiger partial charge in [0.05, 0.1) is 5.92 Å². The minimum Gasteiger partial charge on any atom is -0.481 e. The number of likely N-dealkylation sites (tertiary alicyclic amines) is 1. The molecule has 1 fully saturated rings. The number of piperidine rings is 1. The first-order valence-electron chi connectivity index (χ1n) is 11.0. The lowest BCUT2D eigenvalue weighted by Crippen LogP contribution is -2.45. The number of carboxylic acids is 1. The zero-order chi connectivity index (χ0) is 22.1. The highest BCUT2D eigenvalue weighted by Crippen LogP contribution is 2.44. The Morgan fingerprint density at radius 3 is 2.06 bits per heavy atom. The van der Waals surface area contributed by atoms with Gasteiger partial charge in [0.25, 0.3) is 0 Å². The molecule has 0 bridgehead atoms. The lowest BCUT2D eigenvalue weighted by Gasteiger charge is -2.36. The summed E-state index contributed by atoms with van der Waals surface area (Å²) in [6.07, 6.45) is 0.0747. The highest BCUT2D eigenvalue weighted by molar-refractivity contribution is 5.79. The summed E-state index contributed by atoms with van der Waals surface area (Å²) in [5, 5.41) is 9.64. The molecule has 1 amide bonds. The number of carbonyl (C=O) groups is 2. The number of hydrogen-bond donors (Lipinski definition) is 1. The molecule has 32 heavy (non-hydrogen) atoms. The zero-order valence-corrected chi connectivity index (χ0v) is 17.7. The van der Waals surface area contributed by atoms with Gasteiger partial charge in [-0.05, 0) is 34.2 Å². The number of hydrogen-bond acceptors (Lipinski definition) is 3. The van der Waals surface area contributed by atoms with Gasteiger partial charge in [0, 0.05) is 24.9 Å². The van der Waals surface area contributed by atoms with Crippen LogP contribution in [0.25, 0.3) is 11.1 Å². The van der Waals surface area contributed by atoms with E-state index in [2.05, 4.69) is 24.3 Å². The van der Waals surface area contributed by atoms with Crippen LogP contribution in [0, 0.1) is 5.92 Å². The number of aliphatic carboxylic acids is 1. The predicted octanol–water partition coefficient (Wildman–Crippen LogP) is 5.13. The molecule has 0 radical (unpaired) electrons. The predicted molar refractivity (Wildman–Crippen MR) is 122 cm³/mol. The molecule has 0 saturated carbocycles. The Bertz CT molecular complexity index is 1100. The van der Waals surface area contributed by atoms with Crippen molar-refractivity contribution in [2.75, 3.05) is 19.7 Å². The second-order valence-corrected chi connectivity index (χ2v) is 8.59. The van der Waals surface area contributed by atoms with E-state index in [1.165, 1.54) is 11.1 Å². The molecule has 0 spiro atoms. The lowest BCUT2D eigenvalue weighted by atomic mass is 9.85. The molecule has 3 aromatic rings. The lowest BCUT2D eigenvalue weighted by molar-refractivity contribution is -0.143. The molecule has 5 rings (SSSR count). The maximum Gasteiger partial charge on any atom is 0.409 e. The topological polar surface area (TPSA) is 66.8 Å². The highest BCUT2D eigenvalue weighted by Gasteiger charge is 2.36. The Labute approximate surface area is 187 Å². The molecule has 1 N–H and O–H groups in total. The standard InChI is InChI=1S/C27H25NO4/c29-26(30)20-14-19(18-8-2-1-3-9-18)15-28(16-20)27(31)32-17-25-23-12-6-4-10-21(23)22-11-5-7-13-24(22)25/h1-13,19-20,25H,14-17H2,(H,29,30)/t19-,20+/m0/s1. The number of benzene rings is 3. The Morgan fingerprint density at radius 2 is 1.44 bits per heavy atom. The number of ether oxygens (including phenoxy) is 1. The van der Waals surface area contributed by atoms with E-state index in [4.69, 9.17) is 4.74 Å². The molecule has 162 valence electrons. The molecular formula is C27H25NO4. The summed E-state index contributed by atoms with van der Waals surface area (Å²) in [6.45, 7) is 0.872. The van der Waals surface area contributed by atoms with Crippen LogP contribution in [0.4, 0.5) is 4.79 Å². The van der Waals surface area contributed by atoms with Gasteiger partial charge in [0.15, 0.2) is 0 Å². The highest BCUT2D eigenvalue weighted by atomic mass is 16.6. The van der Waals surface area contributed by atoms with Crippen LogP contribution in [0.1, 0.15) is 34.9 Å². The molecule has 0 aromatic heterocycles. The van der Waals surface area contributed by atoms with Crippen molar-refractivity contribution in [3.05, 3.63) is 95.6 Å². The maximum absolute atomic E-state index is 13.0. The Balaban J connectivity index is 1.33. The summed E-state index contributed by atoms with van der Waals surface area (Å²) < 4.78 is 5.79. The van der Waals surface area contributed by atoms with Crippen LogP contribution in [-0.2, 0) is 9.53 Å². The van der Waals surface area contributed by atoms with Crippen molar-refractivity contribution in [1.82, 2.24) is 4.90 Å². The van der Waals surface area contributed by atoms with Crippen molar-refractivity contribution >= 4 is 12.1 Å². The molecule has 5 nitrogen and oxygen atoms in total. The first kappa shape index (κ1) is 20.3. The van der Waals surface area contributed by atoms with Crippen molar-refractivity contribution in [2.24, 2.45) is 5.92 Å². The summed E-state index contributed by atoms with van der Waals surface area (Å²) in [5.41, 5.74) is 5.72. The van der Waals surface area contributed by atoms with Gasteiger partial charge < -0.3 is 14.7 Å². The molecule has 1 aliphatic heterocycles. The third-order valence-corrected chi connectivity index (χ3v) is 6.67. The van der Waals surface area contributed by atoms with Gasteiger partial charge in [-0.2, -0.15) is 0 Å². The number of carboxylic acid groups (broad SMARTS) is 1. The van der Waals surface area contributed by atoms with E-state index >= 15 is 0 Å². The van der Waals surface area contributed by atoms with Crippen LogP contribution in [-0.4, -0.2) is 41.8 Å². The summed E-state index contributed by atoms with van der Waals surface area (Å²) >= 11 is 0. The zero-order valence-electron chi connectivity index (χ0n) is 17.7. The summed E-state index contributed by atoms with van der Waals surface area (Å²) in [4.78, 5) is 26.4. The largest absolute Gasteiger partial charge is 0.481 e. The van der Waals surface area contributed by atoms with Crippen LogP contribution in [0.15, 0.2) is 78.9 Å². The first-order valence-corrected chi connectivity index (χ1v) is 11.0. The molecule has 3 aromatic carbocycles. The van der Waals surface area contributed by atoms with E-state index in [9.17, 15) is 14.7 Å². The van der Waals surface area contributed by atoms with Crippen LogP contribution in [0.2, 0.25) is 0 Å². The van der Waals surface area contributed by atoms with E-state index in [0.717, 1.165) is 16.7 Å². The second-order valence-electron chi connectivity index (χ2n) is 8.59. The summed E-state index contributed by atoms with van der Waals surface area (Å²) in [7, 11) is 0. The van der Waals surface area contributed by atoms with E-state index in [1.807, 2.05) is 54.6 Å². The molecule has 1 heterocycles. The fourth-order valence-electron chi connectivity index (χ4n) is 5.08. The third kappa shape index (κ3) is 3.75. The van der Waals surface area contributed by atoms with Crippen molar-refractivity contribution in [3.8, 4) is 11.1 Å². The van der Waals surface area contributed by atoms with Gasteiger partial charge in [-0.15, -0.1) is 0 Å². The Morgan fingerprint density at radius 1 is 0.844 bits per heavy atom. The second kappa shape index (κ2) is 8.50. The first-order chi connectivity index (χ1) is 15.6. The van der Waals surface area contributed by atoms with E-state index in [-0.39, 0.29) is 25.0 Å². The molecular weight excluding hydrogens is 402 g/mol. The van der Waals surface area contributed by atoms with E-state index < -0.39 is 18.0 Å². The van der Waals surface area contributed by atoms with Crippen LogP contribution in [0.5, 0.6) is 0 Å². The number of nitrogens with zero attached hydrogens (tertiary/aromatic N) is 1. The van der Waals surface area contributed by atoms with Crippen molar-refractivity contribution < 1.29 is 19.4 Å². The van der Waals surface area contributed by atoms with Crippen molar-refractivity contribution in [1.29, 1.82) is 0 Å². The number of amides is 1. The van der Waals surface area contributed by atoms with Crippen molar-refractivity contribution in [2.45, 2.75) is 18.3 Å². The molecule has 1 saturated heterocycles. The molecule has 2 aliphatic rings. The smallest absolute Gasteiger partial charge is 0.409 e. The minimum absolute atomic E-state index is 0.0173. The van der Waals surface area contributed by atoms with Crippen LogP contribution >= 0.6 is 0 Å². The quantitative estimate of drug-likeness (QED) is 0.627. The molecule has 0 unspecified atom stereocenters. The number of rotatable bonds is 4. The van der Waals surface area contributed by atoms with Gasteiger partial charge in [-0.3, -0.25) is 4.79 Å². The van der Waals surface area contributed by atoms with Gasteiger partial charge >= 0.3 is 12.1 Å². The molecule has 2 atom stereocenters. The number of carbonyl (C=O) groups excluding carboxylic acids is 1. The third-order valence-electron chi connectivity index (χ3n) is 6.67. The average molecular weight is 428 g/mol.